The quantitative estimate of drug-likeness (QED) is 0.279. The monoisotopic (exact) mass is 476 g/mol. The summed E-state index contributed by atoms with van der Waals surface area (Å²) in [5.74, 6) is 1.07. The van der Waals surface area contributed by atoms with Gasteiger partial charge in [-0.1, -0.05) is 91.9 Å². The molecular weight excluding hydrogens is 440 g/mol. The Morgan fingerprint density at radius 1 is 0.714 bits per heavy atom. The number of aromatic hydroxyl groups is 2. The lowest BCUT2D eigenvalue weighted by Crippen LogP contribution is -1.87. The highest BCUT2D eigenvalue weighted by atomic mass is 16.5. The molecule has 0 spiro atoms. The predicted molar refractivity (Wildman–Crippen MR) is 142 cm³/mol. The Kier molecular flexibility index (Phi) is 14.7. The second kappa shape index (κ2) is 17.6. The molecule has 0 heterocycles. The number of hydrogen-bond donors (Lipinski definition) is 4. The fourth-order valence-electron chi connectivity index (χ4n) is 2.68. The van der Waals surface area contributed by atoms with Crippen LogP contribution in [-0.4, -0.2) is 27.5 Å². The summed E-state index contributed by atoms with van der Waals surface area (Å²) in [6.45, 7) is 3.96. The third kappa shape index (κ3) is 12.9. The van der Waals surface area contributed by atoms with E-state index in [1.54, 1.807) is 44.4 Å². The van der Waals surface area contributed by atoms with Crippen molar-refractivity contribution >= 4 is 0 Å². The summed E-state index contributed by atoms with van der Waals surface area (Å²) >= 11 is 0. The average Bonchev–Trinajstić information content (AvgIpc) is 2.91. The van der Waals surface area contributed by atoms with E-state index in [9.17, 15) is 5.11 Å². The van der Waals surface area contributed by atoms with Crippen molar-refractivity contribution in [3.63, 3.8) is 0 Å². The maximum atomic E-state index is 9.21. The second-order valence-electron chi connectivity index (χ2n) is 7.43. The van der Waals surface area contributed by atoms with Crippen LogP contribution < -0.4 is 4.74 Å². The van der Waals surface area contributed by atoms with Gasteiger partial charge in [-0.3, -0.25) is 0 Å². The number of aryl methyl sites for hydroxylation is 1. The van der Waals surface area contributed by atoms with Gasteiger partial charge >= 0.3 is 0 Å². The van der Waals surface area contributed by atoms with Crippen molar-refractivity contribution < 1.29 is 25.2 Å². The Hall–Kier alpha value is -3.80. The molecule has 0 saturated carbocycles. The first-order valence-electron chi connectivity index (χ1n) is 11.4. The standard InChI is InChI=1S/C9H12O2.C8H10O.C7H8O.C6H6O/c1-3-7-4-5-8(10)9(6-7)11-2;1-7(9)8-5-3-2-4-6-8;8-6-7-4-2-1-3-5-7;7-6-4-2-1-3-5-6/h4-6,10H,3H2,1-2H3;2-7,9H,1H3;1-5,8H,6H2;1-5,7H. The lowest BCUT2D eigenvalue weighted by Gasteiger charge is -2.03. The molecule has 1 unspecified atom stereocenters. The van der Waals surface area contributed by atoms with E-state index in [0.717, 1.165) is 17.5 Å². The molecule has 0 aliphatic carbocycles. The van der Waals surface area contributed by atoms with E-state index in [-0.39, 0.29) is 18.5 Å². The molecule has 1 atom stereocenters. The molecule has 4 aromatic carbocycles. The van der Waals surface area contributed by atoms with Gasteiger partial charge in [-0.05, 0) is 54.3 Å². The Morgan fingerprint density at radius 2 is 1.23 bits per heavy atom. The van der Waals surface area contributed by atoms with E-state index in [1.165, 1.54) is 5.56 Å². The number of phenols is 2. The molecule has 0 radical (unpaired) electrons. The molecule has 5 heteroatoms. The van der Waals surface area contributed by atoms with Crippen LogP contribution in [0.3, 0.4) is 0 Å². The first kappa shape index (κ1) is 29.2. The second-order valence-corrected chi connectivity index (χ2v) is 7.43. The van der Waals surface area contributed by atoms with Crippen molar-refractivity contribution in [3.05, 3.63) is 126 Å². The summed E-state index contributed by atoms with van der Waals surface area (Å²) in [7, 11) is 1.55. The smallest absolute Gasteiger partial charge is 0.160 e. The first-order valence-corrected chi connectivity index (χ1v) is 11.4. The maximum absolute atomic E-state index is 9.21. The summed E-state index contributed by atoms with van der Waals surface area (Å²) in [5.41, 5.74) is 3.10. The van der Waals surface area contributed by atoms with E-state index in [4.69, 9.17) is 20.1 Å². The van der Waals surface area contributed by atoms with E-state index >= 15 is 0 Å². The molecule has 0 aliphatic heterocycles. The maximum Gasteiger partial charge on any atom is 0.160 e. The van der Waals surface area contributed by atoms with Gasteiger partial charge in [-0.25, -0.2) is 0 Å². The summed E-state index contributed by atoms with van der Waals surface area (Å²) in [6, 6.07) is 33.2. The number of ether oxygens (including phenoxy) is 1. The lowest BCUT2D eigenvalue weighted by atomic mass is 10.1. The van der Waals surface area contributed by atoms with Gasteiger partial charge in [0.05, 0.1) is 19.8 Å². The van der Waals surface area contributed by atoms with Gasteiger partial charge in [0.2, 0.25) is 0 Å². The summed E-state index contributed by atoms with van der Waals surface area (Å²) < 4.78 is 4.94. The third-order valence-electron chi connectivity index (χ3n) is 4.72. The zero-order valence-corrected chi connectivity index (χ0v) is 20.6. The van der Waals surface area contributed by atoms with Crippen molar-refractivity contribution in [2.45, 2.75) is 33.0 Å². The minimum absolute atomic E-state index is 0.140. The van der Waals surface area contributed by atoms with Crippen LogP contribution in [0.5, 0.6) is 17.2 Å². The zero-order chi connectivity index (χ0) is 25.9. The Labute approximate surface area is 208 Å². The molecule has 35 heavy (non-hydrogen) atoms. The number of hydrogen-bond acceptors (Lipinski definition) is 5. The Balaban J connectivity index is 0.000000236. The van der Waals surface area contributed by atoms with Crippen LogP contribution in [0.15, 0.2) is 109 Å². The summed E-state index contributed by atoms with van der Waals surface area (Å²) in [4.78, 5) is 0. The van der Waals surface area contributed by atoms with Crippen molar-refractivity contribution in [1.82, 2.24) is 0 Å². The highest BCUT2D eigenvalue weighted by Crippen LogP contribution is 2.26. The van der Waals surface area contributed by atoms with E-state index in [2.05, 4.69) is 6.92 Å². The van der Waals surface area contributed by atoms with Gasteiger partial charge in [-0.15, -0.1) is 0 Å². The minimum Gasteiger partial charge on any atom is -0.508 e. The topological polar surface area (TPSA) is 90.2 Å². The first-order chi connectivity index (χ1) is 16.9. The van der Waals surface area contributed by atoms with Crippen LogP contribution in [-0.2, 0) is 13.0 Å². The average molecular weight is 477 g/mol. The number of aliphatic hydroxyl groups excluding tert-OH is 2. The van der Waals surface area contributed by atoms with Gasteiger partial charge in [0.1, 0.15) is 5.75 Å². The fraction of sp³-hybridized carbons (Fsp3) is 0.200. The predicted octanol–water partition coefficient (Wildman–Crippen LogP) is 6.27. The van der Waals surface area contributed by atoms with Crippen LogP contribution in [0.4, 0.5) is 0 Å². The minimum atomic E-state index is -0.341. The number of phenolic OH excluding ortho intramolecular Hbond substituents is 2. The van der Waals surface area contributed by atoms with Crippen molar-refractivity contribution in [2.75, 3.05) is 7.11 Å². The molecule has 186 valence electrons. The number of aliphatic hydroxyl groups is 2. The van der Waals surface area contributed by atoms with E-state index in [0.29, 0.717) is 11.5 Å². The molecular formula is C30H36O5. The Bertz CT molecular complexity index is 1040. The summed E-state index contributed by atoms with van der Waals surface area (Å²) in [5, 5.41) is 35.4. The molecule has 0 aromatic heterocycles. The third-order valence-corrected chi connectivity index (χ3v) is 4.72. The number of para-hydroxylation sites is 1. The molecule has 0 saturated heterocycles. The highest BCUT2D eigenvalue weighted by molar-refractivity contribution is 5.41. The summed E-state index contributed by atoms with van der Waals surface area (Å²) in [6.07, 6.45) is 0.614. The molecule has 0 aliphatic rings. The SMILES string of the molecule is CC(O)c1ccccc1.CCc1ccc(O)c(OC)c1.OCc1ccccc1.Oc1ccccc1. The van der Waals surface area contributed by atoms with Gasteiger partial charge in [0.15, 0.2) is 11.5 Å². The fourth-order valence-corrected chi connectivity index (χ4v) is 2.68. The molecule has 4 rings (SSSR count). The van der Waals surface area contributed by atoms with Gasteiger partial charge in [-0.2, -0.15) is 0 Å². The van der Waals surface area contributed by atoms with Crippen LogP contribution in [0, 0.1) is 0 Å². The Morgan fingerprint density at radius 3 is 1.57 bits per heavy atom. The van der Waals surface area contributed by atoms with Gasteiger partial charge < -0.3 is 25.2 Å². The highest BCUT2D eigenvalue weighted by Gasteiger charge is 2.00. The van der Waals surface area contributed by atoms with Crippen LogP contribution in [0.1, 0.15) is 36.6 Å². The van der Waals surface area contributed by atoms with E-state index in [1.807, 2.05) is 78.9 Å². The van der Waals surface area contributed by atoms with Crippen molar-refractivity contribution in [3.8, 4) is 17.2 Å². The zero-order valence-electron chi connectivity index (χ0n) is 20.6. The van der Waals surface area contributed by atoms with Crippen molar-refractivity contribution in [2.24, 2.45) is 0 Å². The molecule has 0 fully saturated rings. The van der Waals surface area contributed by atoms with Crippen LogP contribution >= 0.6 is 0 Å². The van der Waals surface area contributed by atoms with E-state index < -0.39 is 0 Å². The van der Waals surface area contributed by atoms with Gasteiger partial charge in [0, 0.05) is 0 Å². The largest absolute Gasteiger partial charge is 0.508 e. The molecule has 4 N–H and O–H groups in total. The normalized spacial score (nSPS) is 10.2. The van der Waals surface area contributed by atoms with Crippen molar-refractivity contribution in [1.29, 1.82) is 0 Å². The van der Waals surface area contributed by atoms with Crippen LogP contribution in [0.25, 0.3) is 0 Å². The molecule has 0 amide bonds. The number of methoxy groups -OCH3 is 1. The lowest BCUT2D eigenvalue weighted by molar-refractivity contribution is 0.199. The molecule has 4 aromatic rings. The molecule has 0 bridgehead atoms. The number of benzene rings is 4. The molecule has 5 nitrogen and oxygen atoms in total. The number of rotatable bonds is 4. The van der Waals surface area contributed by atoms with Crippen LogP contribution in [0.2, 0.25) is 0 Å². The van der Waals surface area contributed by atoms with Gasteiger partial charge in [0.25, 0.3) is 0 Å².